The van der Waals surface area contributed by atoms with Crippen LogP contribution in [-0.2, 0) is 17.9 Å². The number of likely N-dealkylation sites (N-methyl/N-ethyl adjacent to an activating group) is 1. The van der Waals surface area contributed by atoms with Crippen molar-refractivity contribution < 1.29 is 19.0 Å². The molecule has 0 aromatic heterocycles. The zero-order valence-electron chi connectivity index (χ0n) is 16.7. The Morgan fingerprint density at radius 2 is 1.67 bits per heavy atom. The Kier molecular flexibility index (Phi) is 7.49. The van der Waals surface area contributed by atoms with Crippen molar-refractivity contribution in [2.75, 3.05) is 34.9 Å². The minimum Gasteiger partial charge on any atom is -0.493 e. The molecule has 0 heterocycles. The second-order valence-corrected chi connectivity index (χ2v) is 6.41. The van der Waals surface area contributed by atoms with E-state index in [1.807, 2.05) is 36.2 Å². The molecule has 6 heteroatoms. The van der Waals surface area contributed by atoms with Crippen LogP contribution in [-0.4, -0.2) is 45.7 Å². The Morgan fingerprint density at radius 3 is 2.22 bits per heavy atom. The molecule has 1 N–H and O–H groups in total. The summed E-state index contributed by atoms with van der Waals surface area (Å²) >= 11 is 0. The number of carbonyl (C=O) groups excluding carboxylic acids is 1. The number of aryl methyl sites for hydroxylation is 1. The predicted molar refractivity (Wildman–Crippen MR) is 105 cm³/mol. The lowest BCUT2D eigenvalue weighted by Gasteiger charge is -2.18. The fourth-order valence-corrected chi connectivity index (χ4v) is 2.87. The van der Waals surface area contributed by atoms with Crippen LogP contribution in [0.25, 0.3) is 0 Å². The monoisotopic (exact) mass is 372 g/mol. The van der Waals surface area contributed by atoms with Crippen molar-refractivity contribution in [1.29, 1.82) is 0 Å². The van der Waals surface area contributed by atoms with E-state index in [-0.39, 0.29) is 5.91 Å². The van der Waals surface area contributed by atoms with Crippen LogP contribution >= 0.6 is 0 Å². The van der Waals surface area contributed by atoms with Gasteiger partial charge in [0.15, 0.2) is 11.5 Å². The average Bonchev–Trinajstić information content (AvgIpc) is 2.67. The second kappa shape index (κ2) is 9.83. The van der Waals surface area contributed by atoms with E-state index < -0.39 is 0 Å². The molecule has 0 radical (unpaired) electrons. The average molecular weight is 372 g/mol. The van der Waals surface area contributed by atoms with Crippen molar-refractivity contribution in [2.24, 2.45) is 0 Å². The molecule has 0 bridgehead atoms. The van der Waals surface area contributed by atoms with Gasteiger partial charge in [0.25, 0.3) is 0 Å². The summed E-state index contributed by atoms with van der Waals surface area (Å²) in [7, 11) is 6.64. The highest BCUT2D eigenvalue weighted by atomic mass is 16.5. The number of carbonyl (C=O) groups is 1. The zero-order chi connectivity index (χ0) is 19.8. The van der Waals surface area contributed by atoms with Crippen LogP contribution in [0.4, 0.5) is 0 Å². The molecule has 1 amide bonds. The van der Waals surface area contributed by atoms with Crippen LogP contribution in [0.2, 0.25) is 0 Å². The molecule has 0 saturated heterocycles. The molecule has 0 aliphatic carbocycles. The molecule has 0 fully saturated rings. The smallest absolute Gasteiger partial charge is 0.234 e. The summed E-state index contributed by atoms with van der Waals surface area (Å²) in [6.07, 6.45) is 0. The summed E-state index contributed by atoms with van der Waals surface area (Å²) in [5, 5.41) is 2.94. The van der Waals surface area contributed by atoms with Crippen LogP contribution in [0.5, 0.6) is 17.2 Å². The maximum Gasteiger partial charge on any atom is 0.234 e. The standard InChI is InChI=1S/C21H28N2O4/c1-15-8-6-7-9-17(15)13-23(2)14-20(24)22-12-16-10-18(25-3)21(27-5)19(11-16)26-4/h6-11H,12-14H2,1-5H3,(H,22,24). The van der Waals surface area contributed by atoms with Crippen LogP contribution in [0.3, 0.4) is 0 Å². The summed E-state index contributed by atoms with van der Waals surface area (Å²) in [5.41, 5.74) is 3.32. The van der Waals surface area contributed by atoms with Crippen LogP contribution in [0.15, 0.2) is 36.4 Å². The van der Waals surface area contributed by atoms with Crippen molar-refractivity contribution in [1.82, 2.24) is 10.2 Å². The molecule has 146 valence electrons. The summed E-state index contributed by atoms with van der Waals surface area (Å²) in [4.78, 5) is 14.3. The molecule has 0 unspecified atom stereocenters. The first-order chi connectivity index (χ1) is 13.0. The van der Waals surface area contributed by atoms with E-state index in [4.69, 9.17) is 14.2 Å². The summed E-state index contributed by atoms with van der Waals surface area (Å²) in [6, 6.07) is 11.9. The first-order valence-electron chi connectivity index (χ1n) is 8.77. The van der Waals surface area contributed by atoms with Crippen molar-refractivity contribution in [2.45, 2.75) is 20.0 Å². The van der Waals surface area contributed by atoms with Gasteiger partial charge >= 0.3 is 0 Å². The van der Waals surface area contributed by atoms with Gasteiger partial charge < -0.3 is 19.5 Å². The Balaban J connectivity index is 1.94. The number of nitrogens with zero attached hydrogens (tertiary/aromatic N) is 1. The topological polar surface area (TPSA) is 60.0 Å². The molecule has 0 atom stereocenters. The SMILES string of the molecule is COc1cc(CNC(=O)CN(C)Cc2ccccc2C)cc(OC)c1OC. The van der Waals surface area contributed by atoms with Gasteiger partial charge in [-0.25, -0.2) is 0 Å². The van der Waals surface area contributed by atoms with Crippen LogP contribution < -0.4 is 19.5 Å². The number of amides is 1. The van der Waals surface area contributed by atoms with E-state index in [9.17, 15) is 4.79 Å². The number of hydrogen-bond donors (Lipinski definition) is 1. The lowest BCUT2D eigenvalue weighted by atomic mass is 10.1. The van der Waals surface area contributed by atoms with Crippen LogP contribution in [0.1, 0.15) is 16.7 Å². The minimum atomic E-state index is -0.0418. The molecule has 0 spiro atoms. The number of methoxy groups -OCH3 is 3. The molecule has 0 aliphatic heterocycles. The van der Waals surface area contributed by atoms with E-state index in [0.717, 1.165) is 12.1 Å². The number of ether oxygens (including phenoxy) is 3. The maximum absolute atomic E-state index is 12.3. The van der Waals surface area contributed by atoms with Gasteiger partial charge in [-0.3, -0.25) is 9.69 Å². The van der Waals surface area contributed by atoms with Gasteiger partial charge in [-0.2, -0.15) is 0 Å². The Bertz CT molecular complexity index is 752. The molecule has 0 aliphatic rings. The number of hydrogen-bond acceptors (Lipinski definition) is 5. The molecule has 2 aromatic rings. The lowest BCUT2D eigenvalue weighted by Crippen LogP contribution is -2.34. The second-order valence-electron chi connectivity index (χ2n) is 6.41. The molecular weight excluding hydrogens is 344 g/mol. The van der Waals surface area contributed by atoms with Gasteiger partial charge in [-0.15, -0.1) is 0 Å². The van der Waals surface area contributed by atoms with Crippen LogP contribution in [0, 0.1) is 6.92 Å². The number of nitrogens with one attached hydrogen (secondary N) is 1. The fourth-order valence-electron chi connectivity index (χ4n) is 2.87. The highest BCUT2D eigenvalue weighted by Gasteiger charge is 2.14. The van der Waals surface area contributed by atoms with E-state index >= 15 is 0 Å². The van der Waals surface area contributed by atoms with E-state index in [1.165, 1.54) is 11.1 Å². The third-order valence-electron chi connectivity index (χ3n) is 4.33. The van der Waals surface area contributed by atoms with E-state index in [1.54, 1.807) is 21.3 Å². The molecule has 2 rings (SSSR count). The van der Waals surface area contributed by atoms with E-state index in [0.29, 0.717) is 30.3 Å². The van der Waals surface area contributed by atoms with Gasteiger partial charge in [0.1, 0.15) is 0 Å². The fraction of sp³-hybridized carbons (Fsp3) is 0.381. The van der Waals surface area contributed by atoms with Gasteiger partial charge in [0, 0.05) is 13.1 Å². The molecule has 2 aromatic carbocycles. The number of rotatable bonds is 9. The third kappa shape index (κ3) is 5.62. The molecule has 6 nitrogen and oxygen atoms in total. The highest BCUT2D eigenvalue weighted by molar-refractivity contribution is 5.78. The minimum absolute atomic E-state index is 0.0418. The van der Waals surface area contributed by atoms with Crippen molar-refractivity contribution in [3.05, 3.63) is 53.1 Å². The molecule has 27 heavy (non-hydrogen) atoms. The molecule has 0 saturated carbocycles. The maximum atomic E-state index is 12.3. The van der Waals surface area contributed by atoms with Gasteiger partial charge in [0.05, 0.1) is 27.9 Å². The Labute approximate surface area is 161 Å². The summed E-state index contributed by atoms with van der Waals surface area (Å²) < 4.78 is 16.0. The quantitative estimate of drug-likeness (QED) is 0.733. The highest BCUT2D eigenvalue weighted by Crippen LogP contribution is 2.38. The van der Waals surface area contributed by atoms with Crippen molar-refractivity contribution in [3.63, 3.8) is 0 Å². The first kappa shape index (κ1) is 20.6. The third-order valence-corrected chi connectivity index (χ3v) is 4.33. The predicted octanol–water partition coefficient (Wildman–Crippen LogP) is 2.77. The normalized spacial score (nSPS) is 10.6. The van der Waals surface area contributed by atoms with Gasteiger partial charge in [-0.1, -0.05) is 24.3 Å². The number of benzene rings is 2. The lowest BCUT2D eigenvalue weighted by molar-refractivity contribution is -0.122. The largest absolute Gasteiger partial charge is 0.493 e. The Hall–Kier alpha value is -2.73. The van der Waals surface area contributed by atoms with Gasteiger partial charge in [0.2, 0.25) is 11.7 Å². The Morgan fingerprint density at radius 1 is 1.04 bits per heavy atom. The molecular formula is C21H28N2O4. The first-order valence-corrected chi connectivity index (χ1v) is 8.77. The van der Waals surface area contributed by atoms with Gasteiger partial charge in [-0.05, 0) is 42.8 Å². The summed E-state index contributed by atoms with van der Waals surface area (Å²) in [6.45, 7) is 3.50. The van der Waals surface area contributed by atoms with Crippen molar-refractivity contribution in [3.8, 4) is 17.2 Å². The van der Waals surface area contributed by atoms with Crippen molar-refractivity contribution >= 4 is 5.91 Å². The summed E-state index contributed by atoms with van der Waals surface area (Å²) in [5.74, 6) is 1.63. The van der Waals surface area contributed by atoms with E-state index in [2.05, 4.69) is 24.4 Å². The zero-order valence-corrected chi connectivity index (χ0v) is 16.7.